The Morgan fingerprint density at radius 3 is 2.88 bits per heavy atom. The zero-order valence-corrected chi connectivity index (χ0v) is 13.7. The number of fused-ring (bicyclic) bond motifs is 2. The summed E-state index contributed by atoms with van der Waals surface area (Å²) >= 11 is 1.69. The van der Waals surface area contributed by atoms with Gasteiger partial charge in [-0.2, -0.15) is 0 Å². The van der Waals surface area contributed by atoms with Gasteiger partial charge in [0.2, 0.25) is 0 Å². The molecule has 0 spiro atoms. The number of carbonyl (C=O) groups excluding carboxylic acids is 1. The summed E-state index contributed by atoms with van der Waals surface area (Å²) < 4.78 is 1.66. The van der Waals surface area contributed by atoms with Gasteiger partial charge in [0.1, 0.15) is 5.82 Å². The van der Waals surface area contributed by atoms with Crippen LogP contribution in [0.4, 0.5) is 0 Å². The van der Waals surface area contributed by atoms with Crippen LogP contribution in [-0.4, -0.2) is 15.5 Å². The Hall–Kier alpha value is -2.73. The van der Waals surface area contributed by atoms with E-state index in [0.717, 1.165) is 16.9 Å². The Bertz CT molecular complexity index is 1080. The molecular formula is C18H13N2O3S-. The molecule has 0 N–H and O–H groups in total. The Balaban J connectivity index is 1.91. The summed E-state index contributed by atoms with van der Waals surface area (Å²) in [5.41, 5.74) is 1.28. The van der Waals surface area contributed by atoms with E-state index in [2.05, 4.69) is 17.1 Å². The van der Waals surface area contributed by atoms with Gasteiger partial charge in [-0.25, -0.2) is 4.98 Å². The summed E-state index contributed by atoms with van der Waals surface area (Å²) in [5, 5.41) is 11.5. The number of aromatic nitrogens is 2. The van der Waals surface area contributed by atoms with Gasteiger partial charge in [-0.3, -0.25) is 9.36 Å². The first-order valence-corrected chi connectivity index (χ1v) is 8.38. The summed E-state index contributed by atoms with van der Waals surface area (Å²) in [6.07, 6.45) is 2.79. The minimum absolute atomic E-state index is 0.0248. The largest absolute Gasteiger partial charge is 0.545 e. The van der Waals surface area contributed by atoms with E-state index in [0.29, 0.717) is 23.3 Å². The molecule has 2 aromatic heterocycles. The quantitative estimate of drug-likeness (QED) is 0.717. The van der Waals surface area contributed by atoms with Crippen LogP contribution < -0.4 is 10.7 Å². The molecule has 0 amide bonds. The number of aryl methyl sites for hydroxylation is 1. The zero-order valence-electron chi connectivity index (χ0n) is 12.9. The van der Waals surface area contributed by atoms with Gasteiger partial charge in [-0.1, -0.05) is 6.07 Å². The Kier molecular flexibility index (Phi) is 3.35. The number of hydrogen-bond acceptors (Lipinski definition) is 5. The minimum Gasteiger partial charge on any atom is -0.545 e. The molecule has 0 radical (unpaired) electrons. The number of carboxylic acids is 1. The molecule has 5 nitrogen and oxygen atoms in total. The van der Waals surface area contributed by atoms with Gasteiger partial charge >= 0.3 is 0 Å². The van der Waals surface area contributed by atoms with Crippen molar-refractivity contribution in [2.45, 2.75) is 19.9 Å². The second kappa shape index (κ2) is 5.42. The number of carbonyl (C=O) groups is 1. The average Bonchev–Trinajstić information content (AvgIpc) is 3.14. The molecule has 1 aliphatic heterocycles. The van der Waals surface area contributed by atoms with Crippen LogP contribution in [0.3, 0.4) is 0 Å². The van der Waals surface area contributed by atoms with Crippen LogP contribution in [0.2, 0.25) is 0 Å². The topological polar surface area (TPSA) is 75.0 Å². The van der Waals surface area contributed by atoms with E-state index in [1.54, 1.807) is 15.9 Å². The number of allylic oxidation sites excluding steroid dienone is 1. The van der Waals surface area contributed by atoms with Crippen LogP contribution >= 0.6 is 11.3 Å². The van der Waals surface area contributed by atoms with E-state index in [1.807, 2.05) is 13.0 Å². The van der Waals surface area contributed by atoms with E-state index < -0.39 is 5.97 Å². The molecule has 120 valence electrons. The van der Waals surface area contributed by atoms with Crippen LogP contribution in [0.5, 0.6) is 0 Å². The van der Waals surface area contributed by atoms with Gasteiger partial charge in [-0.15, -0.1) is 11.3 Å². The zero-order chi connectivity index (χ0) is 16.8. The lowest BCUT2D eigenvalue weighted by Crippen LogP contribution is -2.23. The van der Waals surface area contributed by atoms with Crippen LogP contribution in [0, 0.1) is 6.92 Å². The third-order valence-electron chi connectivity index (χ3n) is 4.16. The van der Waals surface area contributed by atoms with E-state index in [9.17, 15) is 14.7 Å². The van der Waals surface area contributed by atoms with Crippen molar-refractivity contribution in [1.82, 2.24) is 9.55 Å². The van der Waals surface area contributed by atoms with Crippen LogP contribution in [0.1, 0.15) is 32.4 Å². The maximum Gasteiger partial charge on any atom is 0.261 e. The Morgan fingerprint density at radius 1 is 1.33 bits per heavy atom. The third-order valence-corrected chi connectivity index (χ3v) is 5.11. The van der Waals surface area contributed by atoms with Crippen LogP contribution in [0.25, 0.3) is 22.6 Å². The van der Waals surface area contributed by atoms with Gasteiger partial charge in [0.15, 0.2) is 0 Å². The maximum absolute atomic E-state index is 12.6. The van der Waals surface area contributed by atoms with Gasteiger partial charge in [0, 0.05) is 16.3 Å². The van der Waals surface area contributed by atoms with Crippen molar-refractivity contribution in [3.8, 4) is 0 Å². The molecule has 0 bridgehead atoms. The van der Waals surface area contributed by atoms with Crippen molar-refractivity contribution in [2.75, 3.05) is 0 Å². The highest BCUT2D eigenvalue weighted by molar-refractivity contribution is 7.12. The van der Waals surface area contributed by atoms with Crippen LogP contribution in [-0.2, 0) is 6.54 Å². The minimum atomic E-state index is -1.27. The van der Waals surface area contributed by atoms with Crippen LogP contribution in [0.15, 0.2) is 35.1 Å². The first kappa shape index (κ1) is 14.8. The molecular weight excluding hydrogens is 324 g/mol. The van der Waals surface area contributed by atoms with Crippen molar-refractivity contribution in [1.29, 1.82) is 0 Å². The Labute approximate surface area is 141 Å². The van der Waals surface area contributed by atoms with Crippen molar-refractivity contribution in [3.05, 3.63) is 61.8 Å². The van der Waals surface area contributed by atoms with E-state index in [-0.39, 0.29) is 11.1 Å². The monoisotopic (exact) mass is 337 g/mol. The molecule has 4 rings (SSSR count). The fourth-order valence-corrected chi connectivity index (χ4v) is 3.83. The standard InChI is InChI=1S/C18H14N2O3S/c1-10-2-4-13(24-10)8-11-6-7-20-16(11)19-15-9-12(18(22)23)3-5-14(15)17(20)21/h2-5,8-9H,6-7H2,1H3,(H,22,23)/p-1/b11-8+. The van der Waals surface area contributed by atoms with Crippen molar-refractivity contribution in [2.24, 2.45) is 0 Å². The van der Waals surface area contributed by atoms with Crippen molar-refractivity contribution >= 4 is 39.9 Å². The SMILES string of the molecule is Cc1ccc(/C=C2\CCn3c2nc2cc(C(=O)[O-])ccc2c3=O)s1. The van der Waals surface area contributed by atoms with Crippen molar-refractivity contribution in [3.63, 3.8) is 0 Å². The number of rotatable bonds is 2. The molecule has 0 saturated carbocycles. The highest BCUT2D eigenvalue weighted by Crippen LogP contribution is 2.29. The smallest absolute Gasteiger partial charge is 0.261 e. The summed E-state index contributed by atoms with van der Waals surface area (Å²) in [7, 11) is 0. The number of benzene rings is 1. The molecule has 24 heavy (non-hydrogen) atoms. The molecule has 1 aliphatic rings. The number of nitrogens with zero attached hydrogens (tertiary/aromatic N) is 2. The van der Waals surface area contributed by atoms with Gasteiger partial charge in [-0.05, 0) is 54.8 Å². The summed E-state index contributed by atoms with van der Waals surface area (Å²) in [5.74, 6) is -0.654. The molecule has 3 heterocycles. The molecule has 3 aromatic rings. The van der Waals surface area contributed by atoms with Gasteiger partial charge < -0.3 is 9.90 Å². The predicted octanol–water partition coefficient (Wildman–Crippen LogP) is 2.07. The second-order valence-electron chi connectivity index (χ2n) is 5.78. The van der Waals surface area contributed by atoms with Crippen molar-refractivity contribution < 1.29 is 9.90 Å². The molecule has 1 aromatic carbocycles. The summed E-state index contributed by atoms with van der Waals surface area (Å²) in [4.78, 5) is 30.6. The first-order valence-electron chi connectivity index (χ1n) is 7.56. The number of hydrogen-bond donors (Lipinski definition) is 0. The number of carboxylic acid groups (broad SMARTS) is 1. The average molecular weight is 337 g/mol. The fraction of sp³-hybridized carbons (Fsp3) is 0.167. The summed E-state index contributed by atoms with van der Waals surface area (Å²) in [6.45, 7) is 2.64. The molecule has 0 fully saturated rings. The number of thiophene rings is 1. The second-order valence-corrected chi connectivity index (χ2v) is 7.10. The lowest BCUT2D eigenvalue weighted by molar-refractivity contribution is -0.255. The van der Waals surface area contributed by atoms with Gasteiger partial charge in [0.05, 0.1) is 16.9 Å². The first-order chi connectivity index (χ1) is 11.5. The predicted molar refractivity (Wildman–Crippen MR) is 91.9 cm³/mol. The number of aromatic carboxylic acids is 1. The lowest BCUT2D eigenvalue weighted by Gasteiger charge is -2.07. The summed E-state index contributed by atoms with van der Waals surface area (Å²) in [6, 6.07) is 8.39. The molecule has 6 heteroatoms. The van der Waals surface area contributed by atoms with E-state index >= 15 is 0 Å². The van der Waals surface area contributed by atoms with E-state index in [4.69, 9.17) is 0 Å². The molecule has 0 saturated heterocycles. The molecule has 0 unspecified atom stereocenters. The fourth-order valence-electron chi connectivity index (χ4n) is 2.98. The molecule has 0 aliphatic carbocycles. The lowest BCUT2D eigenvalue weighted by atomic mass is 10.1. The maximum atomic E-state index is 12.6. The van der Waals surface area contributed by atoms with E-state index in [1.165, 1.54) is 23.1 Å². The highest BCUT2D eigenvalue weighted by Gasteiger charge is 2.21. The highest BCUT2D eigenvalue weighted by atomic mass is 32.1. The molecule has 0 atom stereocenters. The van der Waals surface area contributed by atoms with Gasteiger partial charge in [0.25, 0.3) is 5.56 Å². The third kappa shape index (κ3) is 2.35. The normalized spacial score (nSPS) is 15.1. The Morgan fingerprint density at radius 2 is 2.17 bits per heavy atom.